The number of halogens is 1. The average Bonchev–Trinajstić information content (AvgIpc) is 2.88. The molecule has 3 aromatic rings. The molecule has 0 saturated heterocycles. The highest BCUT2D eigenvalue weighted by Gasteiger charge is 2.09. The normalized spacial score (nSPS) is 10.8. The van der Waals surface area contributed by atoms with Gasteiger partial charge in [-0.05, 0) is 33.6 Å². The van der Waals surface area contributed by atoms with Crippen LogP contribution in [0.15, 0.2) is 34.2 Å². The molecule has 0 N–H and O–H groups in total. The Morgan fingerprint density at radius 1 is 1.19 bits per heavy atom. The molecule has 0 atom stereocenters. The Morgan fingerprint density at radius 2 is 2.00 bits per heavy atom. The second-order valence-electron chi connectivity index (χ2n) is 4.45. The van der Waals surface area contributed by atoms with E-state index >= 15 is 0 Å². The highest BCUT2D eigenvalue weighted by molar-refractivity contribution is 9.10. The molecule has 0 radical (unpaired) electrons. The molecule has 0 aliphatic rings. The van der Waals surface area contributed by atoms with E-state index in [0.717, 1.165) is 31.8 Å². The van der Waals surface area contributed by atoms with Crippen LogP contribution in [0.3, 0.4) is 0 Å². The average molecular weight is 365 g/mol. The molecule has 3 rings (SSSR count). The highest BCUT2D eigenvalue weighted by atomic mass is 79.9. The van der Waals surface area contributed by atoms with Gasteiger partial charge in [0.15, 0.2) is 11.5 Å². The molecule has 2 aromatic heterocycles. The molecule has 4 nitrogen and oxygen atoms in total. The monoisotopic (exact) mass is 364 g/mol. The number of hydrogen-bond acceptors (Lipinski definition) is 5. The summed E-state index contributed by atoms with van der Waals surface area (Å²) in [6.07, 6.45) is 2.52. The van der Waals surface area contributed by atoms with Gasteiger partial charge in [0.2, 0.25) is 0 Å². The Bertz CT molecular complexity index is 788. The van der Waals surface area contributed by atoms with Crippen molar-refractivity contribution in [1.82, 2.24) is 9.97 Å². The Balaban J connectivity index is 1.92. The lowest BCUT2D eigenvalue weighted by Gasteiger charge is -2.09. The Morgan fingerprint density at radius 3 is 2.76 bits per heavy atom. The Hall–Kier alpha value is -1.66. The summed E-state index contributed by atoms with van der Waals surface area (Å²) in [5, 5.41) is 2.03. The molecule has 0 spiro atoms. The maximum atomic E-state index is 5.32. The van der Waals surface area contributed by atoms with Gasteiger partial charge in [0.25, 0.3) is 0 Å². The predicted molar refractivity (Wildman–Crippen MR) is 87.5 cm³/mol. The van der Waals surface area contributed by atoms with Gasteiger partial charge >= 0.3 is 0 Å². The standard InChI is InChI=1S/C15H13BrN2O2S/c1-19-11-4-3-9(5-12(11)20-2)6-14-17-7-13-15(18-14)10(16)8-21-13/h3-5,7-8H,6H2,1-2H3. The summed E-state index contributed by atoms with van der Waals surface area (Å²) in [5.74, 6) is 2.22. The zero-order chi connectivity index (χ0) is 14.8. The van der Waals surface area contributed by atoms with E-state index in [1.54, 1.807) is 25.6 Å². The van der Waals surface area contributed by atoms with Gasteiger partial charge in [0, 0.05) is 18.0 Å². The number of hydrogen-bond donors (Lipinski definition) is 0. The fourth-order valence-corrected chi connectivity index (χ4v) is 3.53. The summed E-state index contributed by atoms with van der Waals surface area (Å²) in [6.45, 7) is 0. The number of methoxy groups -OCH3 is 2. The number of rotatable bonds is 4. The Labute approximate surface area is 134 Å². The third-order valence-corrected chi connectivity index (χ3v) is 4.94. The van der Waals surface area contributed by atoms with Crippen molar-refractivity contribution in [2.24, 2.45) is 0 Å². The zero-order valence-electron chi connectivity index (χ0n) is 11.6. The first-order valence-electron chi connectivity index (χ1n) is 6.31. The van der Waals surface area contributed by atoms with E-state index < -0.39 is 0 Å². The van der Waals surface area contributed by atoms with Crippen LogP contribution in [0.25, 0.3) is 10.2 Å². The summed E-state index contributed by atoms with van der Waals surface area (Å²) in [5.41, 5.74) is 2.05. The second kappa shape index (κ2) is 5.99. The van der Waals surface area contributed by atoms with Gasteiger partial charge < -0.3 is 9.47 Å². The van der Waals surface area contributed by atoms with Gasteiger partial charge in [0.05, 0.1) is 28.9 Å². The van der Waals surface area contributed by atoms with Crippen molar-refractivity contribution in [2.45, 2.75) is 6.42 Å². The van der Waals surface area contributed by atoms with Gasteiger partial charge in [-0.25, -0.2) is 9.97 Å². The van der Waals surface area contributed by atoms with E-state index in [1.165, 1.54) is 0 Å². The number of aromatic nitrogens is 2. The molecule has 0 aliphatic carbocycles. The van der Waals surface area contributed by atoms with Crippen molar-refractivity contribution in [3.63, 3.8) is 0 Å². The number of benzene rings is 1. The summed E-state index contributed by atoms with van der Waals surface area (Å²) in [7, 11) is 3.26. The first-order chi connectivity index (χ1) is 10.2. The van der Waals surface area contributed by atoms with Crippen LogP contribution in [0, 0.1) is 0 Å². The number of thiophene rings is 1. The van der Waals surface area contributed by atoms with Gasteiger partial charge in [-0.2, -0.15) is 0 Å². The molecule has 21 heavy (non-hydrogen) atoms. The minimum Gasteiger partial charge on any atom is -0.493 e. The third-order valence-electron chi connectivity index (χ3n) is 3.13. The minimum atomic E-state index is 0.651. The molecule has 0 amide bonds. The fraction of sp³-hybridized carbons (Fsp3) is 0.200. The van der Waals surface area contributed by atoms with E-state index in [9.17, 15) is 0 Å². The van der Waals surface area contributed by atoms with E-state index in [4.69, 9.17) is 9.47 Å². The largest absolute Gasteiger partial charge is 0.493 e. The van der Waals surface area contributed by atoms with E-state index in [1.807, 2.05) is 29.8 Å². The van der Waals surface area contributed by atoms with Crippen LogP contribution in [-0.4, -0.2) is 24.2 Å². The second-order valence-corrected chi connectivity index (χ2v) is 6.21. The summed E-state index contributed by atoms with van der Waals surface area (Å²) < 4.78 is 12.7. The molecule has 2 heterocycles. The SMILES string of the molecule is COc1ccc(Cc2ncc3scc(Br)c3n2)cc1OC. The van der Waals surface area contributed by atoms with Crippen molar-refractivity contribution >= 4 is 37.5 Å². The molecule has 108 valence electrons. The van der Waals surface area contributed by atoms with Crippen LogP contribution in [0.4, 0.5) is 0 Å². The number of ether oxygens (including phenoxy) is 2. The molecule has 1 aromatic carbocycles. The van der Waals surface area contributed by atoms with Gasteiger partial charge in [-0.1, -0.05) is 6.07 Å². The van der Waals surface area contributed by atoms with Crippen molar-refractivity contribution in [3.8, 4) is 11.5 Å². The van der Waals surface area contributed by atoms with Crippen LogP contribution >= 0.6 is 27.3 Å². The topological polar surface area (TPSA) is 44.2 Å². The lowest BCUT2D eigenvalue weighted by Crippen LogP contribution is -1.97. The van der Waals surface area contributed by atoms with Crippen LogP contribution < -0.4 is 9.47 Å². The molecule has 0 fully saturated rings. The smallest absolute Gasteiger partial charge is 0.161 e. The first kappa shape index (κ1) is 14.3. The lowest BCUT2D eigenvalue weighted by atomic mass is 10.1. The molecule has 0 aliphatic heterocycles. The van der Waals surface area contributed by atoms with Crippen molar-refractivity contribution in [3.05, 3.63) is 45.6 Å². The highest BCUT2D eigenvalue weighted by Crippen LogP contribution is 2.30. The number of fused-ring (bicyclic) bond motifs is 1. The van der Waals surface area contributed by atoms with Crippen LogP contribution in [0.2, 0.25) is 0 Å². The van der Waals surface area contributed by atoms with Crippen molar-refractivity contribution in [1.29, 1.82) is 0 Å². The predicted octanol–water partition coefficient (Wildman–Crippen LogP) is 4.06. The van der Waals surface area contributed by atoms with E-state index in [2.05, 4.69) is 25.9 Å². The summed E-state index contributed by atoms with van der Waals surface area (Å²) in [4.78, 5) is 9.03. The van der Waals surface area contributed by atoms with Crippen LogP contribution in [0.1, 0.15) is 11.4 Å². The van der Waals surface area contributed by atoms with E-state index in [-0.39, 0.29) is 0 Å². The van der Waals surface area contributed by atoms with Gasteiger partial charge in [0.1, 0.15) is 5.82 Å². The maximum Gasteiger partial charge on any atom is 0.161 e. The van der Waals surface area contributed by atoms with Crippen LogP contribution in [-0.2, 0) is 6.42 Å². The molecule has 0 saturated carbocycles. The quantitative estimate of drug-likeness (QED) is 0.699. The van der Waals surface area contributed by atoms with Crippen molar-refractivity contribution in [2.75, 3.05) is 14.2 Å². The summed E-state index contributed by atoms with van der Waals surface area (Å²) >= 11 is 5.14. The zero-order valence-corrected chi connectivity index (χ0v) is 14.0. The van der Waals surface area contributed by atoms with Crippen molar-refractivity contribution < 1.29 is 9.47 Å². The fourth-order valence-electron chi connectivity index (χ4n) is 2.09. The molecular weight excluding hydrogens is 352 g/mol. The molecule has 0 unspecified atom stereocenters. The van der Waals surface area contributed by atoms with Gasteiger partial charge in [-0.3, -0.25) is 0 Å². The minimum absolute atomic E-state index is 0.651. The first-order valence-corrected chi connectivity index (χ1v) is 7.98. The lowest BCUT2D eigenvalue weighted by molar-refractivity contribution is 0.354. The molecular formula is C15H13BrN2O2S. The van der Waals surface area contributed by atoms with E-state index in [0.29, 0.717) is 12.2 Å². The molecule has 0 bridgehead atoms. The van der Waals surface area contributed by atoms with Gasteiger partial charge in [-0.15, -0.1) is 11.3 Å². The van der Waals surface area contributed by atoms with Crippen LogP contribution in [0.5, 0.6) is 11.5 Å². The number of nitrogens with zero attached hydrogens (tertiary/aromatic N) is 2. The summed E-state index contributed by atoms with van der Waals surface area (Å²) in [6, 6.07) is 5.85. The maximum absolute atomic E-state index is 5.32. The molecule has 6 heteroatoms. The third kappa shape index (κ3) is 2.87. The Kier molecular flexibility index (Phi) is 4.07.